The van der Waals surface area contributed by atoms with Crippen molar-refractivity contribution < 1.29 is 14.3 Å². The summed E-state index contributed by atoms with van der Waals surface area (Å²) in [5, 5.41) is 17.6. The highest BCUT2D eigenvalue weighted by atomic mass is 32.2. The van der Waals surface area contributed by atoms with E-state index in [1.807, 2.05) is 63.9 Å². The monoisotopic (exact) mass is 536 g/mol. The van der Waals surface area contributed by atoms with Crippen LogP contribution < -0.4 is 15.0 Å². The minimum absolute atomic E-state index is 0.0137. The lowest BCUT2D eigenvalue weighted by atomic mass is 10.1. The Morgan fingerprint density at radius 1 is 1.29 bits per heavy atom. The second-order valence-electron chi connectivity index (χ2n) is 10.5. The van der Waals surface area contributed by atoms with Gasteiger partial charge in [-0.25, -0.2) is 14.3 Å². The molecule has 0 saturated carbocycles. The zero-order valence-corrected chi connectivity index (χ0v) is 23.7. The first-order valence-corrected chi connectivity index (χ1v) is 13.9. The van der Waals surface area contributed by atoms with Crippen LogP contribution in [-0.4, -0.2) is 62.5 Å². The molecular weight excluding hydrogens is 500 g/mol. The topological polar surface area (TPSA) is 105 Å². The molecule has 1 amide bonds. The number of thioether (sulfide) groups is 1. The summed E-state index contributed by atoms with van der Waals surface area (Å²) in [6.45, 7) is 14.0. The van der Waals surface area contributed by atoms with Gasteiger partial charge in [-0.15, -0.1) is 0 Å². The number of hydrogen-bond donors (Lipinski definition) is 1. The summed E-state index contributed by atoms with van der Waals surface area (Å²) >= 11 is 1.86. The second kappa shape index (κ2) is 11.5. The molecule has 10 heteroatoms. The highest BCUT2D eigenvalue weighted by Crippen LogP contribution is 2.32. The normalized spacial score (nSPS) is 20.3. The molecule has 4 rings (SSSR count). The minimum Gasteiger partial charge on any atom is -0.492 e. The number of nitriles is 1. The molecule has 0 bridgehead atoms. The van der Waals surface area contributed by atoms with Gasteiger partial charge in [0.1, 0.15) is 23.2 Å². The van der Waals surface area contributed by atoms with E-state index in [9.17, 15) is 10.1 Å². The van der Waals surface area contributed by atoms with Crippen molar-refractivity contribution in [1.29, 1.82) is 5.26 Å². The molecule has 3 unspecified atom stereocenters. The highest BCUT2D eigenvalue weighted by Gasteiger charge is 2.29. The van der Waals surface area contributed by atoms with Gasteiger partial charge in [0.15, 0.2) is 0 Å². The van der Waals surface area contributed by atoms with Crippen molar-refractivity contribution in [3.8, 4) is 22.9 Å². The molecular formula is C28H36N6O3S. The van der Waals surface area contributed by atoms with Gasteiger partial charge in [-0.3, -0.25) is 0 Å². The average Bonchev–Trinajstić information content (AvgIpc) is 3.26. The van der Waals surface area contributed by atoms with Gasteiger partial charge in [-0.05, 0) is 52.3 Å². The maximum atomic E-state index is 12.5. The molecule has 9 nitrogen and oxygen atoms in total. The molecule has 1 N–H and O–H groups in total. The van der Waals surface area contributed by atoms with E-state index < -0.39 is 5.60 Å². The summed E-state index contributed by atoms with van der Waals surface area (Å²) in [6, 6.07) is 8.19. The first-order valence-electron chi connectivity index (χ1n) is 13.0. The smallest absolute Gasteiger partial charge is 0.407 e. The Bertz CT molecular complexity index is 1310. The standard InChI is InChI=1S/C28H36N6O3S/c1-7-36-22-12-23(26-21(13-29)15-31-34(26)17-22)20-8-9-25(30-14-20)33-11-10-24(19(3)38-18(2)16-33)32-27(35)37-28(4,5)6/h8-9,12,14-15,17-19,24H,7,10-11,16H2,1-6H3,(H,32,35). The van der Waals surface area contributed by atoms with Crippen LogP contribution in [0.25, 0.3) is 16.6 Å². The first kappa shape index (κ1) is 27.6. The van der Waals surface area contributed by atoms with Crippen LogP contribution in [0.2, 0.25) is 0 Å². The third-order valence-corrected chi connectivity index (χ3v) is 7.68. The predicted molar refractivity (Wildman–Crippen MR) is 151 cm³/mol. The Morgan fingerprint density at radius 2 is 2.08 bits per heavy atom. The Hall–Kier alpha value is -3.45. The third kappa shape index (κ3) is 6.51. The maximum absolute atomic E-state index is 12.5. The third-order valence-electron chi connectivity index (χ3n) is 6.30. The van der Waals surface area contributed by atoms with Gasteiger partial charge in [0.05, 0.1) is 30.1 Å². The maximum Gasteiger partial charge on any atom is 0.407 e. The van der Waals surface area contributed by atoms with Crippen molar-refractivity contribution in [1.82, 2.24) is 19.9 Å². The molecule has 202 valence electrons. The number of nitrogens with one attached hydrogen (secondary N) is 1. The fourth-order valence-corrected chi connectivity index (χ4v) is 6.06. The van der Waals surface area contributed by atoms with Crippen molar-refractivity contribution in [2.24, 2.45) is 0 Å². The number of hydrogen-bond acceptors (Lipinski definition) is 8. The van der Waals surface area contributed by atoms with E-state index in [1.54, 1.807) is 16.9 Å². The molecule has 1 aliphatic heterocycles. The molecule has 0 aliphatic carbocycles. The number of anilines is 1. The van der Waals surface area contributed by atoms with E-state index >= 15 is 0 Å². The van der Waals surface area contributed by atoms with Crippen molar-refractivity contribution in [3.05, 3.63) is 42.4 Å². The summed E-state index contributed by atoms with van der Waals surface area (Å²) in [5.41, 5.74) is 2.42. The van der Waals surface area contributed by atoms with Crippen molar-refractivity contribution in [2.45, 2.75) is 70.1 Å². The summed E-state index contributed by atoms with van der Waals surface area (Å²) in [4.78, 5) is 19.5. The van der Waals surface area contributed by atoms with Gasteiger partial charge in [-0.2, -0.15) is 22.1 Å². The van der Waals surface area contributed by atoms with Gasteiger partial charge >= 0.3 is 6.09 Å². The van der Waals surface area contributed by atoms with Gasteiger partial charge in [-0.1, -0.05) is 13.8 Å². The molecule has 3 aromatic heterocycles. The fraction of sp³-hybridized carbons (Fsp3) is 0.500. The molecule has 1 fully saturated rings. The van der Waals surface area contributed by atoms with Gasteiger partial charge in [0.2, 0.25) is 0 Å². The van der Waals surface area contributed by atoms with Crippen LogP contribution in [0.4, 0.5) is 10.6 Å². The number of alkyl carbamates (subject to hydrolysis) is 1. The number of carbonyl (C=O) groups excluding carboxylic acids is 1. The predicted octanol–water partition coefficient (Wildman–Crippen LogP) is 5.28. The quantitative estimate of drug-likeness (QED) is 0.470. The lowest BCUT2D eigenvalue weighted by molar-refractivity contribution is 0.0502. The summed E-state index contributed by atoms with van der Waals surface area (Å²) in [5.74, 6) is 1.55. The van der Waals surface area contributed by atoms with Crippen molar-refractivity contribution in [3.63, 3.8) is 0 Å². The minimum atomic E-state index is -0.536. The molecule has 0 spiro atoms. The molecule has 3 atom stereocenters. The molecule has 4 heterocycles. The summed E-state index contributed by atoms with van der Waals surface area (Å²) in [7, 11) is 0. The van der Waals surface area contributed by atoms with Crippen LogP contribution >= 0.6 is 11.8 Å². The highest BCUT2D eigenvalue weighted by molar-refractivity contribution is 8.00. The number of amides is 1. The molecule has 1 saturated heterocycles. The molecule has 1 aliphatic rings. The number of ether oxygens (including phenoxy) is 2. The number of aromatic nitrogens is 3. The number of nitrogens with zero attached hydrogens (tertiary/aromatic N) is 5. The lowest BCUT2D eigenvalue weighted by Crippen LogP contribution is -2.48. The zero-order chi connectivity index (χ0) is 27.4. The Kier molecular flexibility index (Phi) is 8.36. The number of pyridine rings is 2. The van der Waals surface area contributed by atoms with E-state index in [0.29, 0.717) is 23.2 Å². The molecule has 0 aromatic carbocycles. The lowest BCUT2D eigenvalue weighted by Gasteiger charge is -2.36. The summed E-state index contributed by atoms with van der Waals surface area (Å²) < 4.78 is 12.9. The number of fused-ring (bicyclic) bond motifs is 1. The van der Waals surface area contributed by atoms with Crippen LogP contribution in [0.5, 0.6) is 5.75 Å². The molecule has 3 aromatic rings. The van der Waals surface area contributed by atoms with E-state index in [2.05, 4.69) is 35.2 Å². The average molecular weight is 537 g/mol. The van der Waals surface area contributed by atoms with E-state index in [4.69, 9.17) is 14.5 Å². The largest absolute Gasteiger partial charge is 0.492 e. The van der Waals surface area contributed by atoms with E-state index in [1.165, 1.54) is 0 Å². The Morgan fingerprint density at radius 3 is 2.74 bits per heavy atom. The Balaban J connectivity index is 1.56. The molecule has 0 radical (unpaired) electrons. The van der Waals surface area contributed by atoms with Gasteiger partial charge in [0.25, 0.3) is 0 Å². The molecule has 38 heavy (non-hydrogen) atoms. The van der Waals surface area contributed by atoms with Crippen LogP contribution in [0, 0.1) is 11.3 Å². The van der Waals surface area contributed by atoms with E-state index in [0.717, 1.165) is 42.0 Å². The SMILES string of the molecule is CCOc1cc(-c2ccc(N3CCC(NC(=O)OC(C)(C)C)C(C)SC(C)C3)nc2)c2c(C#N)cnn2c1. The van der Waals surface area contributed by atoms with Gasteiger partial charge < -0.3 is 19.7 Å². The van der Waals surface area contributed by atoms with Crippen LogP contribution in [0.3, 0.4) is 0 Å². The number of carbonyl (C=O) groups is 1. The van der Waals surface area contributed by atoms with Crippen molar-refractivity contribution >= 4 is 29.2 Å². The first-order chi connectivity index (χ1) is 18.1. The summed E-state index contributed by atoms with van der Waals surface area (Å²) in [6.07, 6.45) is 5.59. The zero-order valence-electron chi connectivity index (χ0n) is 22.9. The van der Waals surface area contributed by atoms with Crippen molar-refractivity contribution in [2.75, 3.05) is 24.6 Å². The second-order valence-corrected chi connectivity index (χ2v) is 12.4. The van der Waals surface area contributed by atoms with Crippen LogP contribution in [0.15, 0.2) is 36.8 Å². The fourth-order valence-electron chi connectivity index (χ4n) is 4.67. The van der Waals surface area contributed by atoms with E-state index in [-0.39, 0.29) is 17.4 Å². The Labute approximate surface area is 228 Å². The van der Waals surface area contributed by atoms with Gasteiger partial charge in [0, 0.05) is 47.0 Å². The number of rotatable bonds is 5. The van der Waals surface area contributed by atoms with Crippen LogP contribution in [-0.2, 0) is 4.74 Å². The van der Waals surface area contributed by atoms with Crippen LogP contribution in [0.1, 0.15) is 53.5 Å².